The maximum Gasteiger partial charge on any atom is 0.247 e. The Balaban J connectivity index is 1.64. The maximum absolute atomic E-state index is 12.7. The van der Waals surface area contributed by atoms with Crippen LogP contribution in [0, 0.1) is 5.92 Å². The van der Waals surface area contributed by atoms with Crippen LogP contribution in [0.25, 0.3) is 0 Å². The Morgan fingerprint density at radius 3 is 2.62 bits per heavy atom. The highest BCUT2D eigenvalue weighted by molar-refractivity contribution is 5.97. The third-order valence-corrected chi connectivity index (χ3v) is 4.81. The highest BCUT2D eigenvalue weighted by Gasteiger charge is 2.36. The van der Waals surface area contributed by atoms with Crippen LogP contribution in [0.2, 0.25) is 0 Å². The zero-order valence-electron chi connectivity index (χ0n) is 14.0. The minimum absolute atomic E-state index is 0.0318. The van der Waals surface area contributed by atoms with Crippen molar-refractivity contribution in [2.24, 2.45) is 5.92 Å². The summed E-state index contributed by atoms with van der Waals surface area (Å²) < 4.78 is 5.12. The Labute approximate surface area is 142 Å². The Bertz CT molecular complexity index is 624. The highest BCUT2D eigenvalue weighted by atomic mass is 16.5. The number of carbonyl (C=O) groups is 2. The monoisotopic (exact) mass is 328 g/mol. The molecule has 1 aromatic rings. The van der Waals surface area contributed by atoms with Crippen LogP contribution in [0.3, 0.4) is 0 Å². The molecule has 1 fully saturated rings. The van der Waals surface area contributed by atoms with E-state index >= 15 is 0 Å². The molecule has 1 aliphatic heterocycles. The van der Waals surface area contributed by atoms with E-state index in [1.54, 1.807) is 12.0 Å². The van der Waals surface area contributed by atoms with Crippen LogP contribution < -0.4 is 10.1 Å². The Morgan fingerprint density at radius 1 is 1.17 bits per heavy atom. The molecule has 0 aromatic heterocycles. The molecule has 0 saturated carbocycles. The molecule has 2 aliphatic rings. The summed E-state index contributed by atoms with van der Waals surface area (Å²) in [5, 5.41) is 2.92. The second kappa shape index (κ2) is 7.51. The van der Waals surface area contributed by atoms with Crippen LogP contribution in [-0.4, -0.2) is 36.4 Å². The number of ether oxygens (including phenoxy) is 1. The van der Waals surface area contributed by atoms with Gasteiger partial charge in [0.25, 0.3) is 0 Å². The molecule has 1 aliphatic carbocycles. The molecular formula is C19H24N2O3. The van der Waals surface area contributed by atoms with Gasteiger partial charge >= 0.3 is 0 Å². The van der Waals surface area contributed by atoms with Crippen LogP contribution in [0.15, 0.2) is 36.4 Å². The molecule has 5 nitrogen and oxygen atoms in total. The van der Waals surface area contributed by atoms with Crippen LogP contribution in [-0.2, 0) is 9.59 Å². The third-order valence-electron chi connectivity index (χ3n) is 4.81. The molecule has 128 valence electrons. The summed E-state index contributed by atoms with van der Waals surface area (Å²) in [5.41, 5.74) is 0.723. The van der Waals surface area contributed by atoms with E-state index in [1.807, 2.05) is 24.3 Å². The van der Waals surface area contributed by atoms with Crippen molar-refractivity contribution in [3.8, 4) is 5.75 Å². The summed E-state index contributed by atoms with van der Waals surface area (Å²) in [5.74, 6) is 0.810. The minimum Gasteiger partial charge on any atom is -0.497 e. The fourth-order valence-electron chi connectivity index (χ4n) is 3.46. The molecule has 1 heterocycles. The topological polar surface area (TPSA) is 58.6 Å². The van der Waals surface area contributed by atoms with Gasteiger partial charge in [-0.15, -0.1) is 0 Å². The summed E-state index contributed by atoms with van der Waals surface area (Å²) in [4.78, 5) is 27.1. The molecule has 1 aromatic carbocycles. The second-order valence-corrected chi connectivity index (χ2v) is 6.39. The molecule has 1 saturated heterocycles. The van der Waals surface area contributed by atoms with Gasteiger partial charge in [-0.3, -0.25) is 9.59 Å². The smallest absolute Gasteiger partial charge is 0.247 e. The summed E-state index contributed by atoms with van der Waals surface area (Å²) in [7, 11) is 1.61. The lowest BCUT2D eigenvalue weighted by atomic mass is 9.93. The van der Waals surface area contributed by atoms with E-state index in [4.69, 9.17) is 4.74 Å². The molecule has 2 amide bonds. The van der Waals surface area contributed by atoms with Gasteiger partial charge in [0.15, 0.2) is 0 Å². The summed E-state index contributed by atoms with van der Waals surface area (Å²) in [6, 6.07) is 6.88. The second-order valence-electron chi connectivity index (χ2n) is 6.39. The number of nitrogens with zero attached hydrogens (tertiary/aromatic N) is 1. The zero-order valence-corrected chi connectivity index (χ0v) is 14.0. The Morgan fingerprint density at radius 2 is 1.96 bits per heavy atom. The molecule has 3 rings (SSSR count). The van der Waals surface area contributed by atoms with Gasteiger partial charge < -0.3 is 15.0 Å². The predicted octanol–water partition coefficient (Wildman–Crippen LogP) is 2.98. The van der Waals surface area contributed by atoms with Crippen molar-refractivity contribution in [1.29, 1.82) is 0 Å². The van der Waals surface area contributed by atoms with E-state index < -0.39 is 0 Å². The van der Waals surface area contributed by atoms with Gasteiger partial charge in [-0.2, -0.15) is 0 Å². The van der Waals surface area contributed by atoms with Crippen molar-refractivity contribution in [3.63, 3.8) is 0 Å². The number of rotatable bonds is 4. The number of hydrogen-bond acceptors (Lipinski definition) is 3. The van der Waals surface area contributed by atoms with Gasteiger partial charge in [0.2, 0.25) is 11.8 Å². The van der Waals surface area contributed by atoms with Gasteiger partial charge in [0, 0.05) is 18.2 Å². The average Bonchev–Trinajstić information content (AvgIpc) is 3.12. The molecule has 0 bridgehead atoms. The number of methoxy groups -OCH3 is 1. The first-order valence-corrected chi connectivity index (χ1v) is 8.59. The first-order chi connectivity index (χ1) is 11.7. The molecule has 24 heavy (non-hydrogen) atoms. The average molecular weight is 328 g/mol. The molecule has 1 N–H and O–H groups in total. The van der Waals surface area contributed by atoms with Crippen LogP contribution >= 0.6 is 0 Å². The Kier molecular flexibility index (Phi) is 5.18. The fraction of sp³-hybridized carbons (Fsp3) is 0.474. The summed E-state index contributed by atoms with van der Waals surface area (Å²) in [6.45, 7) is 0.680. The predicted molar refractivity (Wildman–Crippen MR) is 92.8 cm³/mol. The molecule has 0 radical (unpaired) electrons. The lowest BCUT2D eigenvalue weighted by Crippen LogP contribution is -2.45. The molecular weight excluding hydrogens is 304 g/mol. The number of carbonyl (C=O) groups excluding carboxylic acids is 2. The van der Waals surface area contributed by atoms with E-state index in [-0.39, 0.29) is 23.8 Å². The lowest BCUT2D eigenvalue weighted by Gasteiger charge is -2.28. The van der Waals surface area contributed by atoms with Gasteiger partial charge in [0.1, 0.15) is 11.8 Å². The van der Waals surface area contributed by atoms with Crippen LogP contribution in [0.5, 0.6) is 5.75 Å². The number of allylic oxidation sites excluding steroid dienone is 2. The first kappa shape index (κ1) is 16.6. The highest BCUT2D eigenvalue weighted by Crippen LogP contribution is 2.27. The van der Waals surface area contributed by atoms with E-state index in [0.717, 1.165) is 43.5 Å². The lowest BCUT2D eigenvalue weighted by molar-refractivity contribution is -0.140. The summed E-state index contributed by atoms with van der Waals surface area (Å²) >= 11 is 0. The normalized spacial score (nSPS) is 23.1. The van der Waals surface area contributed by atoms with E-state index in [1.165, 1.54) is 0 Å². The van der Waals surface area contributed by atoms with E-state index in [9.17, 15) is 9.59 Å². The molecule has 0 unspecified atom stereocenters. The van der Waals surface area contributed by atoms with Gasteiger partial charge in [-0.1, -0.05) is 12.2 Å². The first-order valence-electron chi connectivity index (χ1n) is 8.59. The fourth-order valence-corrected chi connectivity index (χ4v) is 3.46. The van der Waals surface area contributed by atoms with Crippen molar-refractivity contribution >= 4 is 17.5 Å². The summed E-state index contributed by atoms with van der Waals surface area (Å²) in [6.07, 6.45) is 8.45. The van der Waals surface area contributed by atoms with E-state index in [2.05, 4.69) is 17.5 Å². The number of amides is 2. The van der Waals surface area contributed by atoms with Crippen LogP contribution in [0.4, 0.5) is 5.69 Å². The number of hydrogen-bond donors (Lipinski definition) is 1. The maximum atomic E-state index is 12.7. The Hall–Kier alpha value is -2.30. The van der Waals surface area contributed by atoms with Gasteiger partial charge in [-0.25, -0.2) is 0 Å². The van der Waals surface area contributed by atoms with E-state index in [0.29, 0.717) is 6.54 Å². The van der Waals surface area contributed by atoms with Gasteiger partial charge in [0.05, 0.1) is 7.11 Å². The van der Waals surface area contributed by atoms with Crippen molar-refractivity contribution in [2.45, 2.75) is 38.1 Å². The number of anilines is 1. The van der Waals surface area contributed by atoms with Crippen molar-refractivity contribution in [1.82, 2.24) is 4.90 Å². The molecule has 2 atom stereocenters. The van der Waals surface area contributed by atoms with Crippen molar-refractivity contribution < 1.29 is 14.3 Å². The minimum atomic E-state index is -0.356. The third kappa shape index (κ3) is 3.61. The number of benzene rings is 1. The van der Waals surface area contributed by atoms with Crippen molar-refractivity contribution in [2.75, 3.05) is 19.0 Å². The van der Waals surface area contributed by atoms with Crippen molar-refractivity contribution in [3.05, 3.63) is 36.4 Å². The number of likely N-dealkylation sites (tertiary alicyclic amines) is 1. The largest absolute Gasteiger partial charge is 0.497 e. The standard InChI is InChI=1S/C19H24N2O3/c1-24-16-11-9-15(10-12-16)20-18(22)17-8-5-13-21(17)19(23)14-6-3-2-4-7-14/h2-3,9-12,14,17H,4-8,13H2,1H3,(H,20,22)/t14-,17-/m0/s1. The zero-order chi connectivity index (χ0) is 16.9. The van der Waals surface area contributed by atoms with Crippen LogP contribution in [0.1, 0.15) is 32.1 Å². The van der Waals surface area contributed by atoms with Gasteiger partial charge in [-0.05, 0) is 56.4 Å². The molecule has 0 spiro atoms. The molecule has 5 heteroatoms. The quantitative estimate of drug-likeness (QED) is 0.865. The number of nitrogens with one attached hydrogen (secondary N) is 1. The SMILES string of the molecule is COc1ccc(NC(=O)[C@@H]2CCCN2C(=O)[C@H]2CC=CCC2)cc1.